The van der Waals surface area contributed by atoms with Crippen LogP contribution < -0.4 is 10.1 Å². The second-order valence-corrected chi connectivity index (χ2v) is 5.71. The van der Waals surface area contributed by atoms with Gasteiger partial charge in [-0.25, -0.2) is 14.4 Å². The summed E-state index contributed by atoms with van der Waals surface area (Å²) in [5, 5.41) is 2.76. The molecule has 0 unspecified atom stereocenters. The van der Waals surface area contributed by atoms with Gasteiger partial charge in [0.2, 0.25) is 11.8 Å². The van der Waals surface area contributed by atoms with Crippen LogP contribution in [0.1, 0.15) is 16.8 Å². The summed E-state index contributed by atoms with van der Waals surface area (Å²) in [6.45, 7) is 0.654. The third-order valence-electron chi connectivity index (χ3n) is 3.65. The summed E-state index contributed by atoms with van der Waals surface area (Å²) in [4.78, 5) is 20.2. The van der Waals surface area contributed by atoms with Gasteiger partial charge in [0, 0.05) is 6.07 Å². The van der Waals surface area contributed by atoms with Gasteiger partial charge >= 0.3 is 0 Å². The first-order chi connectivity index (χ1) is 12.7. The van der Waals surface area contributed by atoms with Crippen molar-refractivity contribution in [3.63, 3.8) is 0 Å². The van der Waals surface area contributed by atoms with Gasteiger partial charge < -0.3 is 10.1 Å². The molecule has 1 N–H and O–H groups in total. The van der Waals surface area contributed by atoms with E-state index in [2.05, 4.69) is 15.3 Å². The number of nitrogens with zero attached hydrogens (tertiary/aromatic N) is 2. The average molecular weight is 351 g/mol. The number of hydrogen-bond donors (Lipinski definition) is 1. The van der Waals surface area contributed by atoms with Crippen LogP contribution in [0.5, 0.6) is 5.88 Å². The molecule has 1 amide bonds. The summed E-state index contributed by atoms with van der Waals surface area (Å²) in [6.07, 6.45) is 1.51. The van der Waals surface area contributed by atoms with E-state index < -0.39 is 0 Å². The van der Waals surface area contributed by atoms with Gasteiger partial charge in [0.15, 0.2) is 0 Å². The lowest BCUT2D eigenvalue weighted by Crippen LogP contribution is -2.25. The quantitative estimate of drug-likeness (QED) is 0.711. The van der Waals surface area contributed by atoms with E-state index >= 15 is 0 Å². The Morgan fingerprint density at radius 3 is 2.62 bits per heavy atom. The van der Waals surface area contributed by atoms with Crippen LogP contribution in [0.2, 0.25) is 0 Å². The molecule has 132 valence electrons. The smallest absolute Gasteiger partial charge is 0.224 e. The molecule has 0 fully saturated rings. The van der Waals surface area contributed by atoms with E-state index in [1.54, 1.807) is 18.2 Å². The molecule has 3 rings (SSSR count). The van der Waals surface area contributed by atoms with E-state index in [9.17, 15) is 9.18 Å². The Bertz CT molecular complexity index is 872. The molecule has 26 heavy (non-hydrogen) atoms. The first-order valence-electron chi connectivity index (χ1n) is 8.18. The van der Waals surface area contributed by atoms with E-state index in [0.29, 0.717) is 23.7 Å². The molecule has 2 aromatic carbocycles. The van der Waals surface area contributed by atoms with Gasteiger partial charge in [0.05, 0.1) is 18.7 Å². The largest absolute Gasteiger partial charge is 0.473 e. The normalized spacial score (nSPS) is 10.3. The van der Waals surface area contributed by atoms with Crippen LogP contribution in [0, 0.1) is 5.82 Å². The van der Waals surface area contributed by atoms with E-state index in [4.69, 9.17) is 4.74 Å². The molecular weight excluding hydrogens is 333 g/mol. The maximum atomic E-state index is 13.1. The number of hydrogen-bond acceptors (Lipinski definition) is 4. The first kappa shape index (κ1) is 17.5. The van der Waals surface area contributed by atoms with Crippen LogP contribution in [0.15, 0.2) is 67.0 Å². The van der Waals surface area contributed by atoms with E-state index in [-0.39, 0.29) is 24.7 Å². The second kappa shape index (κ2) is 8.71. The maximum absolute atomic E-state index is 13.1. The Balaban J connectivity index is 1.51. The van der Waals surface area contributed by atoms with Gasteiger partial charge in [-0.15, -0.1) is 0 Å². The fourth-order valence-corrected chi connectivity index (χ4v) is 2.37. The Labute approximate surface area is 150 Å². The van der Waals surface area contributed by atoms with Crippen molar-refractivity contribution in [3.8, 4) is 5.88 Å². The zero-order valence-electron chi connectivity index (χ0n) is 14.1. The molecule has 0 aliphatic heterocycles. The molecule has 0 radical (unpaired) electrons. The van der Waals surface area contributed by atoms with Crippen LogP contribution in [0.3, 0.4) is 0 Å². The van der Waals surface area contributed by atoms with Crippen LogP contribution >= 0.6 is 0 Å². The fraction of sp³-hybridized carbons (Fsp3) is 0.150. The van der Waals surface area contributed by atoms with Gasteiger partial charge in [-0.3, -0.25) is 4.79 Å². The van der Waals surface area contributed by atoms with Crippen molar-refractivity contribution in [2.45, 2.75) is 19.6 Å². The van der Waals surface area contributed by atoms with Crippen LogP contribution in [-0.4, -0.2) is 15.9 Å². The molecule has 0 aliphatic rings. The summed E-state index contributed by atoms with van der Waals surface area (Å²) in [5.41, 5.74) is 2.30. The summed E-state index contributed by atoms with van der Waals surface area (Å²) >= 11 is 0. The minimum Gasteiger partial charge on any atom is -0.473 e. The van der Waals surface area contributed by atoms with Crippen LogP contribution in [0.4, 0.5) is 4.39 Å². The minimum atomic E-state index is -0.355. The number of halogens is 1. The number of rotatable bonds is 7. The lowest BCUT2D eigenvalue weighted by Gasteiger charge is -2.08. The number of aromatic nitrogens is 2. The number of benzene rings is 2. The van der Waals surface area contributed by atoms with Crippen molar-refractivity contribution in [3.05, 3.63) is 89.6 Å². The molecule has 0 bridgehead atoms. The van der Waals surface area contributed by atoms with Gasteiger partial charge in [-0.2, -0.15) is 0 Å². The average Bonchev–Trinajstić information content (AvgIpc) is 2.66. The van der Waals surface area contributed by atoms with Crippen molar-refractivity contribution < 1.29 is 13.9 Å². The Morgan fingerprint density at radius 1 is 1.00 bits per heavy atom. The highest BCUT2D eigenvalue weighted by molar-refractivity contribution is 5.78. The summed E-state index contributed by atoms with van der Waals surface area (Å²) in [6, 6.07) is 17.4. The highest BCUT2D eigenvalue weighted by atomic mass is 19.1. The highest BCUT2D eigenvalue weighted by Crippen LogP contribution is 2.10. The Hall–Kier alpha value is -3.28. The molecule has 6 heteroatoms. The van der Waals surface area contributed by atoms with E-state index in [1.165, 1.54) is 18.5 Å². The van der Waals surface area contributed by atoms with E-state index in [0.717, 1.165) is 5.56 Å². The second-order valence-electron chi connectivity index (χ2n) is 5.71. The van der Waals surface area contributed by atoms with Gasteiger partial charge in [-0.1, -0.05) is 42.5 Å². The maximum Gasteiger partial charge on any atom is 0.224 e. The van der Waals surface area contributed by atoms with Gasteiger partial charge in [0.1, 0.15) is 18.8 Å². The van der Waals surface area contributed by atoms with Crippen molar-refractivity contribution in [2.75, 3.05) is 0 Å². The predicted molar refractivity (Wildman–Crippen MR) is 94.8 cm³/mol. The third kappa shape index (κ3) is 5.37. The standard InChI is InChI=1S/C20H18FN3O2/c21-17-8-4-7-16(9-17)10-19(25)22-12-18-11-20(24-14-23-18)26-13-15-5-2-1-3-6-15/h1-9,11,14H,10,12-13H2,(H,22,25). The van der Waals surface area contributed by atoms with Gasteiger partial charge in [-0.05, 0) is 23.3 Å². The number of carbonyl (C=O) groups excluding carboxylic acids is 1. The number of carbonyl (C=O) groups is 1. The molecular formula is C20H18FN3O2. The fourth-order valence-electron chi connectivity index (χ4n) is 2.37. The predicted octanol–water partition coefficient (Wildman–Crippen LogP) is 3.05. The van der Waals surface area contributed by atoms with E-state index in [1.807, 2.05) is 30.3 Å². The van der Waals surface area contributed by atoms with Crippen LogP contribution in [-0.2, 0) is 24.4 Å². The number of nitrogens with one attached hydrogen (secondary N) is 1. The lowest BCUT2D eigenvalue weighted by molar-refractivity contribution is -0.120. The zero-order valence-corrected chi connectivity index (χ0v) is 14.1. The van der Waals surface area contributed by atoms with Crippen molar-refractivity contribution in [1.29, 1.82) is 0 Å². The lowest BCUT2D eigenvalue weighted by atomic mass is 10.1. The minimum absolute atomic E-state index is 0.111. The van der Waals surface area contributed by atoms with Crippen molar-refractivity contribution in [1.82, 2.24) is 15.3 Å². The Kier molecular flexibility index (Phi) is 5.88. The number of ether oxygens (including phenoxy) is 1. The number of amides is 1. The molecule has 0 saturated heterocycles. The molecule has 5 nitrogen and oxygen atoms in total. The van der Waals surface area contributed by atoms with Crippen molar-refractivity contribution >= 4 is 5.91 Å². The Morgan fingerprint density at radius 2 is 1.81 bits per heavy atom. The SMILES string of the molecule is O=C(Cc1cccc(F)c1)NCc1cc(OCc2ccccc2)ncn1. The first-order valence-corrected chi connectivity index (χ1v) is 8.18. The molecule has 0 atom stereocenters. The molecule has 1 aromatic heterocycles. The van der Waals surface area contributed by atoms with Crippen molar-refractivity contribution in [2.24, 2.45) is 0 Å². The molecule has 0 aliphatic carbocycles. The summed E-state index contributed by atoms with van der Waals surface area (Å²) in [7, 11) is 0. The van der Waals surface area contributed by atoms with Crippen LogP contribution in [0.25, 0.3) is 0 Å². The summed E-state index contributed by atoms with van der Waals surface area (Å²) in [5.74, 6) is -0.120. The summed E-state index contributed by atoms with van der Waals surface area (Å²) < 4.78 is 18.8. The van der Waals surface area contributed by atoms with Gasteiger partial charge in [0.25, 0.3) is 0 Å². The monoisotopic (exact) mass is 351 g/mol. The molecule has 1 heterocycles. The topological polar surface area (TPSA) is 64.1 Å². The molecule has 0 saturated carbocycles. The highest BCUT2D eigenvalue weighted by Gasteiger charge is 2.06. The molecule has 3 aromatic rings. The third-order valence-corrected chi connectivity index (χ3v) is 3.65. The molecule has 0 spiro atoms. The zero-order chi connectivity index (χ0) is 18.2.